The van der Waals surface area contributed by atoms with Gasteiger partial charge in [-0.15, -0.1) is 0 Å². The Balaban J connectivity index is 1.61. The van der Waals surface area contributed by atoms with Gasteiger partial charge in [-0.1, -0.05) is 30.3 Å². The number of rotatable bonds is 6. The van der Waals surface area contributed by atoms with Crippen LogP contribution in [0.4, 0.5) is 9.18 Å². The van der Waals surface area contributed by atoms with E-state index in [1.165, 1.54) is 24.3 Å². The van der Waals surface area contributed by atoms with Gasteiger partial charge in [0.2, 0.25) is 0 Å². The van der Waals surface area contributed by atoms with E-state index in [4.69, 9.17) is 0 Å². The van der Waals surface area contributed by atoms with Crippen molar-refractivity contribution in [3.63, 3.8) is 0 Å². The molecule has 3 rings (SSSR count). The predicted molar refractivity (Wildman–Crippen MR) is 89.5 cm³/mol. The molecule has 1 N–H and O–H groups in total. The van der Waals surface area contributed by atoms with Crippen molar-refractivity contribution in [3.05, 3.63) is 71.5 Å². The summed E-state index contributed by atoms with van der Waals surface area (Å²) in [5, 5.41) is 2.62. The average Bonchev–Trinajstić information content (AvgIpc) is 2.89. The number of hydrogen-bond acceptors (Lipinski definition) is 3. The molecular formula is C19H17FN2O3. The second kappa shape index (κ2) is 7.25. The number of imide groups is 1. The lowest BCUT2D eigenvalue weighted by Crippen LogP contribution is -2.36. The van der Waals surface area contributed by atoms with Gasteiger partial charge in [-0.2, -0.15) is 0 Å². The smallest absolute Gasteiger partial charge is 0.325 e. The first-order chi connectivity index (χ1) is 12.0. The molecule has 1 atom stereocenters. The molecule has 0 spiro atoms. The number of nitrogens with one attached hydrogen (secondary N) is 1. The summed E-state index contributed by atoms with van der Waals surface area (Å²) in [6, 6.07) is 13.5. The molecule has 0 aliphatic carbocycles. The Morgan fingerprint density at radius 3 is 2.40 bits per heavy atom. The highest BCUT2D eigenvalue weighted by Gasteiger charge is 2.38. The third-order valence-corrected chi connectivity index (χ3v) is 4.14. The van der Waals surface area contributed by atoms with Crippen molar-refractivity contribution in [3.8, 4) is 0 Å². The van der Waals surface area contributed by atoms with E-state index in [-0.39, 0.29) is 12.1 Å². The lowest BCUT2D eigenvalue weighted by atomic mass is 10.1. The van der Waals surface area contributed by atoms with Crippen molar-refractivity contribution >= 4 is 17.7 Å². The zero-order valence-electron chi connectivity index (χ0n) is 13.4. The third-order valence-electron chi connectivity index (χ3n) is 4.14. The van der Waals surface area contributed by atoms with Crippen molar-refractivity contribution in [1.29, 1.82) is 0 Å². The molecule has 5 nitrogen and oxygen atoms in total. The number of benzene rings is 2. The van der Waals surface area contributed by atoms with Crippen LogP contribution in [-0.4, -0.2) is 35.2 Å². The SMILES string of the molecule is O=C(CN1C(=O)N[C@H](CCc2ccccc2)C1=O)c1ccc(F)cc1. The minimum Gasteiger partial charge on any atom is -0.326 e. The highest BCUT2D eigenvalue weighted by Crippen LogP contribution is 2.14. The molecule has 2 aromatic rings. The molecule has 1 aliphatic heterocycles. The summed E-state index contributed by atoms with van der Waals surface area (Å²) in [6.07, 6.45) is 1.12. The van der Waals surface area contributed by atoms with Crippen LogP contribution in [0.3, 0.4) is 0 Å². The lowest BCUT2D eigenvalue weighted by Gasteiger charge is -2.12. The van der Waals surface area contributed by atoms with E-state index in [0.717, 1.165) is 10.5 Å². The first kappa shape index (κ1) is 16.8. The van der Waals surface area contributed by atoms with E-state index in [0.29, 0.717) is 12.8 Å². The Labute approximate surface area is 144 Å². The molecule has 1 fully saturated rings. The first-order valence-electron chi connectivity index (χ1n) is 7.99. The molecule has 1 aliphatic rings. The normalized spacial score (nSPS) is 16.8. The largest absolute Gasteiger partial charge is 0.326 e. The van der Waals surface area contributed by atoms with Crippen LogP contribution in [0, 0.1) is 5.82 Å². The topological polar surface area (TPSA) is 66.5 Å². The quantitative estimate of drug-likeness (QED) is 0.649. The highest BCUT2D eigenvalue weighted by atomic mass is 19.1. The summed E-state index contributed by atoms with van der Waals surface area (Å²) in [7, 11) is 0. The Hall–Kier alpha value is -3.02. The van der Waals surface area contributed by atoms with E-state index in [1.807, 2.05) is 30.3 Å². The van der Waals surface area contributed by atoms with Crippen LogP contribution >= 0.6 is 0 Å². The Kier molecular flexibility index (Phi) is 4.88. The number of halogens is 1. The fourth-order valence-corrected chi connectivity index (χ4v) is 2.75. The maximum atomic E-state index is 12.9. The van der Waals surface area contributed by atoms with Gasteiger partial charge in [0, 0.05) is 5.56 Å². The lowest BCUT2D eigenvalue weighted by molar-refractivity contribution is -0.127. The van der Waals surface area contributed by atoms with Gasteiger partial charge in [0.05, 0.1) is 6.54 Å². The van der Waals surface area contributed by atoms with Crippen LogP contribution in [0.1, 0.15) is 22.3 Å². The van der Waals surface area contributed by atoms with Crippen molar-refractivity contribution in [1.82, 2.24) is 10.2 Å². The predicted octanol–water partition coefficient (Wildman–Crippen LogP) is 2.56. The molecule has 3 amide bonds. The molecule has 0 unspecified atom stereocenters. The molecule has 0 saturated carbocycles. The second-order valence-corrected chi connectivity index (χ2v) is 5.88. The number of aryl methyl sites for hydroxylation is 1. The number of ketones is 1. The molecule has 1 heterocycles. The minimum atomic E-state index is -0.631. The van der Waals surface area contributed by atoms with Crippen molar-refractivity contribution in [2.45, 2.75) is 18.9 Å². The summed E-state index contributed by atoms with van der Waals surface area (Å²) in [5.41, 5.74) is 1.33. The number of carbonyl (C=O) groups excluding carboxylic acids is 3. The summed E-state index contributed by atoms with van der Waals surface area (Å²) in [5.74, 6) is -1.27. The van der Waals surface area contributed by atoms with Gasteiger partial charge in [0.1, 0.15) is 11.9 Å². The van der Waals surface area contributed by atoms with Crippen LogP contribution in [0.2, 0.25) is 0 Å². The fourth-order valence-electron chi connectivity index (χ4n) is 2.75. The van der Waals surface area contributed by atoms with Gasteiger partial charge in [0.25, 0.3) is 5.91 Å². The monoisotopic (exact) mass is 340 g/mol. The van der Waals surface area contributed by atoms with E-state index in [9.17, 15) is 18.8 Å². The maximum absolute atomic E-state index is 12.9. The van der Waals surface area contributed by atoms with Gasteiger partial charge >= 0.3 is 6.03 Å². The van der Waals surface area contributed by atoms with Crippen molar-refractivity contribution < 1.29 is 18.8 Å². The highest BCUT2D eigenvalue weighted by molar-refractivity contribution is 6.09. The van der Waals surface area contributed by atoms with Crippen LogP contribution in [0.25, 0.3) is 0 Å². The van der Waals surface area contributed by atoms with Crippen LogP contribution < -0.4 is 5.32 Å². The standard InChI is InChI=1S/C19H17FN2O3/c20-15-9-7-14(8-10-15)17(23)12-22-18(24)16(21-19(22)25)11-6-13-4-2-1-3-5-13/h1-5,7-10,16H,6,11-12H2,(H,21,25)/t16-/m1/s1. The van der Waals surface area contributed by atoms with Crippen LogP contribution in [0.5, 0.6) is 0 Å². The summed E-state index contributed by atoms with van der Waals surface area (Å²) in [4.78, 5) is 37.5. The summed E-state index contributed by atoms with van der Waals surface area (Å²) < 4.78 is 12.9. The molecule has 25 heavy (non-hydrogen) atoms. The Morgan fingerprint density at radius 1 is 1.04 bits per heavy atom. The molecule has 0 radical (unpaired) electrons. The van der Waals surface area contributed by atoms with Crippen LogP contribution in [-0.2, 0) is 11.2 Å². The van der Waals surface area contributed by atoms with E-state index in [1.54, 1.807) is 0 Å². The third kappa shape index (κ3) is 3.91. The zero-order valence-corrected chi connectivity index (χ0v) is 13.4. The van der Waals surface area contributed by atoms with Gasteiger partial charge in [-0.25, -0.2) is 9.18 Å². The fraction of sp³-hybridized carbons (Fsp3) is 0.211. The number of hydrogen-bond donors (Lipinski definition) is 1. The number of amides is 3. The van der Waals surface area contributed by atoms with Crippen molar-refractivity contribution in [2.24, 2.45) is 0 Å². The second-order valence-electron chi connectivity index (χ2n) is 5.88. The van der Waals surface area contributed by atoms with Gasteiger partial charge in [0.15, 0.2) is 5.78 Å². The summed E-state index contributed by atoms with van der Waals surface area (Å²) in [6.45, 7) is -0.349. The maximum Gasteiger partial charge on any atom is 0.325 e. The number of carbonyl (C=O) groups is 3. The molecule has 0 bridgehead atoms. The molecule has 1 saturated heterocycles. The minimum absolute atomic E-state index is 0.259. The number of nitrogens with zero attached hydrogens (tertiary/aromatic N) is 1. The molecule has 0 aromatic heterocycles. The first-order valence-corrected chi connectivity index (χ1v) is 7.99. The number of Topliss-reactive ketones (excluding diaryl/α,β-unsaturated/α-hetero) is 1. The van der Waals surface area contributed by atoms with E-state index >= 15 is 0 Å². The number of urea groups is 1. The van der Waals surface area contributed by atoms with Gasteiger partial charge < -0.3 is 5.32 Å². The summed E-state index contributed by atoms with van der Waals surface area (Å²) >= 11 is 0. The molecular weight excluding hydrogens is 323 g/mol. The van der Waals surface area contributed by atoms with Crippen molar-refractivity contribution in [2.75, 3.05) is 6.54 Å². The van der Waals surface area contributed by atoms with Gasteiger partial charge in [-0.05, 0) is 42.7 Å². The van der Waals surface area contributed by atoms with Gasteiger partial charge in [-0.3, -0.25) is 14.5 Å². The Bertz CT molecular complexity index is 790. The molecule has 2 aromatic carbocycles. The average molecular weight is 340 g/mol. The zero-order chi connectivity index (χ0) is 17.8. The van der Waals surface area contributed by atoms with E-state index < -0.39 is 29.6 Å². The molecule has 6 heteroatoms. The Morgan fingerprint density at radius 2 is 1.72 bits per heavy atom. The van der Waals surface area contributed by atoms with Crippen LogP contribution in [0.15, 0.2) is 54.6 Å². The molecule has 128 valence electrons. The van der Waals surface area contributed by atoms with E-state index in [2.05, 4.69) is 5.32 Å².